The second-order valence-electron chi connectivity index (χ2n) is 4.34. The lowest BCUT2D eigenvalue weighted by atomic mass is 10.2. The molecule has 1 aromatic heterocycles. The second kappa shape index (κ2) is 5.92. The minimum atomic E-state index is -0.338. The molecule has 2 aromatic carbocycles. The molecule has 0 bridgehead atoms. The van der Waals surface area contributed by atoms with E-state index in [0.717, 1.165) is 11.3 Å². The minimum absolute atomic E-state index is 0.338. The number of para-hydroxylation sites is 1. The summed E-state index contributed by atoms with van der Waals surface area (Å²) < 4.78 is 14.7. The lowest BCUT2D eigenvalue weighted by molar-refractivity contribution is 0.628. The molecule has 21 heavy (non-hydrogen) atoms. The maximum Gasteiger partial charge on any atom is 0.214 e. The Kier molecular flexibility index (Phi) is 3.83. The zero-order chi connectivity index (χ0) is 14.7. The number of hydrogen-bond donors (Lipinski definition) is 1. The molecule has 3 aromatic rings. The number of tetrazole rings is 1. The Morgan fingerprint density at radius 3 is 2.71 bits per heavy atom. The molecule has 0 fully saturated rings. The molecule has 5 nitrogen and oxygen atoms in total. The van der Waals surface area contributed by atoms with Gasteiger partial charge >= 0.3 is 0 Å². The summed E-state index contributed by atoms with van der Waals surface area (Å²) in [4.78, 5) is 0. The fourth-order valence-corrected chi connectivity index (χ4v) is 2.75. The molecule has 0 spiro atoms. The summed E-state index contributed by atoms with van der Waals surface area (Å²) in [5, 5.41) is 12.3. The van der Waals surface area contributed by atoms with Gasteiger partial charge in [-0.05, 0) is 40.3 Å². The van der Waals surface area contributed by atoms with Crippen molar-refractivity contribution >= 4 is 17.4 Å². The van der Waals surface area contributed by atoms with Gasteiger partial charge in [-0.3, -0.25) is 0 Å². The quantitative estimate of drug-likeness (QED) is 0.592. The molecule has 2 N–H and O–H groups in total. The molecule has 0 amide bonds. The molecule has 0 aliphatic heterocycles. The number of hydrogen-bond acceptors (Lipinski definition) is 5. The smallest absolute Gasteiger partial charge is 0.214 e. The van der Waals surface area contributed by atoms with Gasteiger partial charge in [-0.15, -0.1) is 5.10 Å². The molecule has 7 heteroatoms. The van der Waals surface area contributed by atoms with Crippen molar-refractivity contribution in [2.24, 2.45) is 0 Å². The highest BCUT2D eigenvalue weighted by Crippen LogP contribution is 2.25. The first kappa shape index (κ1) is 13.6. The van der Waals surface area contributed by atoms with E-state index in [4.69, 9.17) is 5.73 Å². The number of nitrogen functional groups attached to an aromatic ring is 1. The highest BCUT2D eigenvalue weighted by Gasteiger charge is 2.10. The van der Waals surface area contributed by atoms with Gasteiger partial charge in [-0.1, -0.05) is 36.0 Å². The highest BCUT2D eigenvalue weighted by molar-refractivity contribution is 7.98. The maximum absolute atomic E-state index is 13.0. The predicted octanol–water partition coefficient (Wildman–Crippen LogP) is 2.68. The van der Waals surface area contributed by atoms with Crippen LogP contribution in [0.15, 0.2) is 53.7 Å². The van der Waals surface area contributed by atoms with E-state index in [0.29, 0.717) is 16.6 Å². The van der Waals surface area contributed by atoms with Gasteiger partial charge in [0.25, 0.3) is 0 Å². The van der Waals surface area contributed by atoms with E-state index in [1.54, 1.807) is 10.7 Å². The van der Waals surface area contributed by atoms with Gasteiger partial charge in [0.05, 0.1) is 5.69 Å². The maximum atomic E-state index is 13.0. The molecule has 0 radical (unpaired) electrons. The molecular formula is C14H12FN5S. The van der Waals surface area contributed by atoms with Gasteiger partial charge in [0.2, 0.25) is 5.16 Å². The molecule has 0 unspecified atom stereocenters. The topological polar surface area (TPSA) is 69.6 Å². The third kappa shape index (κ3) is 3.03. The Bertz CT molecular complexity index is 744. The molecule has 0 atom stereocenters. The second-order valence-corrected chi connectivity index (χ2v) is 5.28. The average Bonchev–Trinajstić information content (AvgIpc) is 2.96. The summed E-state index contributed by atoms with van der Waals surface area (Å²) >= 11 is 1.45. The van der Waals surface area contributed by atoms with Crippen LogP contribution in [0.2, 0.25) is 0 Å². The molecule has 0 aliphatic carbocycles. The monoisotopic (exact) mass is 301 g/mol. The van der Waals surface area contributed by atoms with Crippen molar-refractivity contribution in [3.8, 4) is 5.69 Å². The Balaban J connectivity index is 1.79. The first-order chi connectivity index (χ1) is 10.2. The Hall–Kier alpha value is -2.41. The van der Waals surface area contributed by atoms with Crippen molar-refractivity contribution in [3.05, 3.63) is 59.9 Å². The van der Waals surface area contributed by atoms with Crippen molar-refractivity contribution < 1.29 is 4.39 Å². The van der Waals surface area contributed by atoms with Crippen LogP contribution >= 0.6 is 11.8 Å². The van der Waals surface area contributed by atoms with Gasteiger partial charge in [0, 0.05) is 11.4 Å². The van der Waals surface area contributed by atoms with E-state index in [2.05, 4.69) is 15.5 Å². The number of halogens is 1. The molecule has 106 valence electrons. The zero-order valence-electron chi connectivity index (χ0n) is 11.0. The summed E-state index contributed by atoms with van der Waals surface area (Å²) in [6, 6.07) is 14.0. The van der Waals surface area contributed by atoms with E-state index < -0.39 is 0 Å². The number of nitrogens with zero attached hydrogens (tertiary/aromatic N) is 4. The normalized spacial score (nSPS) is 10.7. The predicted molar refractivity (Wildman–Crippen MR) is 79.5 cm³/mol. The largest absolute Gasteiger partial charge is 0.398 e. The summed E-state index contributed by atoms with van der Waals surface area (Å²) in [5.41, 5.74) is 7.97. The fraction of sp³-hybridized carbons (Fsp3) is 0.0714. The molecule has 3 rings (SSSR count). The van der Waals surface area contributed by atoms with Crippen molar-refractivity contribution in [1.82, 2.24) is 20.2 Å². The third-order valence-electron chi connectivity index (χ3n) is 2.91. The van der Waals surface area contributed by atoms with Crippen molar-refractivity contribution in [1.29, 1.82) is 0 Å². The van der Waals surface area contributed by atoms with Gasteiger partial charge < -0.3 is 5.73 Å². The number of aromatic nitrogens is 4. The number of anilines is 1. The van der Waals surface area contributed by atoms with Crippen LogP contribution in [0.25, 0.3) is 5.69 Å². The molecule has 0 saturated carbocycles. The summed E-state index contributed by atoms with van der Waals surface area (Å²) in [6.45, 7) is 0. The fourth-order valence-electron chi connectivity index (χ4n) is 1.84. The molecule has 0 saturated heterocycles. The minimum Gasteiger partial charge on any atom is -0.398 e. The Morgan fingerprint density at radius 2 is 1.95 bits per heavy atom. The van der Waals surface area contributed by atoms with Gasteiger partial charge in [-0.2, -0.15) is 4.68 Å². The first-order valence-corrected chi connectivity index (χ1v) is 7.23. The van der Waals surface area contributed by atoms with Gasteiger partial charge in [0.1, 0.15) is 5.82 Å². The van der Waals surface area contributed by atoms with Crippen LogP contribution < -0.4 is 5.73 Å². The SMILES string of the molecule is Nc1cc(F)ccc1CSc1nnnn1-c1ccccc1. The van der Waals surface area contributed by atoms with Crippen LogP contribution in [0.3, 0.4) is 0 Å². The van der Waals surface area contributed by atoms with E-state index in [9.17, 15) is 4.39 Å². The van der Waals surface area contributed by atoms with Crippen LogP contribution in [0, 0.1) is 5.82 Å². The van der Waals surface area contributed by atoms with Crippen LogP contribution in [0.4, 0.5) is 10.1 Å². The van der Waals surface area contributed by atoms with Crippen LogP contribution in [-0.4, -0.2) is 20.2 Å². The van der Waals surface area contributed by atoms with E-state index in [-0.39, 0.29) is 5.82 Å². The number of benzene rings is 2. The van der Waals surface area contributed by atoms with Crippen molar-refractivity contribution in [3.63, 3.8) is 0 Å². The van der Waals surface area contributed by atoms with E-state index >= 15 is 0 Å². The van der Waals surface area contributed by atoms with E-state index in [1.165, 1.54) is 23.9 Å². The lowest BCUT2D eigenvalue weighted by Crippen LogP contribution is -1.99. The molecule has 1 heterocycles. The van der Waals surface area contributed by atoms with Crippen molar-refractivity contribution in [2.75, 3.05) is 5.73 Å². The summed E-state index contributed by atoms with van der Waals surface area (Å²) in [6.07, 6.45) is 0. The number of rotatable bonds is 4. The summed E-state index contributed by atoms with van der Waals surface area (Å²) in [7, 11) is 0. The average molecular weight is 301 g/mol. The molecular weight excluding hydrogens is 289 g/mol. The Morgan fingerprint density at radius 1 is 1.14 bits per heavy atom. The van der Waals surface area contributed by atoms with E-state index in [1.807, 2.05) is 30.3 Å². The third-order valence-corrected chi connectivity index (χ3v) is 3.87. The van der Waals surface area contributed by atoms with Crippen molar-refractivity contribution in [2.45, 2.75) is 10.9 Å². The standard InChI is InChI=1S/C14H12FN5S/c15-11-7-6-10(13(16)8-11)9-21-14-17-18-19-20(14)12-4-2-1-3-5-12/h1-8H,9,16H2. The number of nitrogens with two attached hydrogens (primary N) is 1. The zero-order valence-corrected chi connectivity index (χ0v) is 11.8. The highest BCUT2D eigenvalue weighted by atomic mass is 32.2. The number of thioether (sulfide) groups is 1. The van der Waals surface area contributed by atoms with Crippen LogP contribution in [-0.2, 0) is 5.75 Å². The summed E-state index contributed by atoms with van der Waals surface area (Å²) in [5.74, 6) is 0.231. The molecule has 0 aliphatic rings. The lowest BCUT2D eigenvalue weighted by Gasteiger charge is -2.06. The Labute approximate surface area is 125 Å². The van der Waals surface area contributed by atoms with Gasteiger partial charge in [0.15, 0.2) is 0 Å². The van der Waals surface area contributed by atoms with Crippen LogP contribution in [0.1, 0.15) is 5.56 Å². The van der Waals surface area contributed by atoms with Crippen LogP contribution in [0.5, 0.6) is 0 Å². The first-order valence-electron chi connectivity index (χ1n) is 6.24. The van der Waals surface area contributed by atoms with Gasteiger partial charge in [-0.25, -0.2) is 4.39 Å².